The fraction of sp³-hybridized carbons (Fsp3) is 0.0909. The van der Waals surface area contributed by atoms with E-state index in [1.54, 1.807) is 18.2 Å². The molecule has 0 fully saturated rings. The molecule has 10 heteroatoms. The van der Waals surface area contributed by atoms with E-state index >= 15 is 0 Å². The van der Waals surface area contributed by atoms with Crippen LogP contribution in [0.25, 0.3) is 22.6 Å². The van der Waals surface area contributed by atoms with Gasteiger partial charge in [-0.25, -0.2) is 4.79 Å². The fourth-order valence-corrected chi connectivity index (χ4v) is 4.15. The van der Waals surface area contributed by atoms with E-state index in [0.29, 0.717) is 29.0 Å². The van der Waals surface area contributed by atoms with E-state index in [9.17, 15) is 9.59 Å². The Labute approximate surface area is 195 Å². The second-order valence-electron chi connectivity index (χ2n) is 6.72. The number of hydrogen-bond acceptors (Lipinski definition) is 6. The van der Waals surface area contributed by atoms with Crippen molar-refractivity contribution in [1.82, 2.24) is 14.8 Å². The van der Waals surface area contributed by atoms with Gasteiger partial charge in [-0.3, -0.25) is 9.36 Å². The number of rotatable bonds is 8. The molecule has 0 aliphatic heterocycles. The third-order valence-electron chi connectivity index (χ3n) is 4.48. The third-order valence-corrected chi connectivity index (χ3v) is 5.94. The van der Waals surface area contributed by atoms with E-state index in [0.717, 1.165) is 15.4 Å². The van der Waals surface area contributed by atoms with Gasteiger partial charge < -0.3 is 14.8 Å². The van der Waals surface area contributed by atoms with Gasteiger partial charge in [0.05, 0.1) is 11.3 Å². The van der Waals surface area contributed by atoms with Crippen molar-refractivity contribution >= 4 is 56.2 Å². The quantitative estimate of drug-likeness (QED) is 0.250. The first-order chi connectivity index (χ1) is 15.4. The van der Waals surface area contributed by atoms with E-state index in [1.807, 2.05) is 28.8 Å². The Morgan fingerprint density at radius 3 is 2.69 bits per heavy atom. The highest BCUT2D eigenvalue weighted by Gasteiger charge is 2.18. The number of aromatic nitrogens is 3. The Morgan fingerprint density at radius 2 is 1.97 bits per heavy atom. The number of carboxylic acids is 1. The number of allylic oxidation sites excluding steroid dienone is 1. The molecule has 162 valence electrons. The second-order valence-corrected chi connectivity index (χ2v) is 8.58. The van der Waals surface area contributed by atoms with Gasteiger partial charge in [0.15, 0.2) is 10.9 Å². The van der Waals surface area contributed by atoms with Crippen molar-refractivity contribution in [3.63, 3.8) is 0 Å². The average molecular weight is 513 g/mol. The highest BCUT2D eigenvalue weighted by Crippen LogP contribution is 2.31. The number of carbonyl (C=O) groups excluding carboxylic acids is 1. The number of halogens is 1. The molecule has 2 aromatic heterocycles. The number of fused-ring (bicyclic) bond motifs is 1. The second kappa shape index (κ2) is 9.41. The average Bonchev–Trinajstić information content (AvgIpc) is 3.36. The predicted molar refractivity (Wildman–Crippen MR) is 126 cm³/mol. The van der Waals surface area contributed by atoms with Crippen LogP contribution in [0.4, 0.5) is 5.69 Å². The maximum Gasteiger partial charge on any atom is 0.335 e. The van der Waals surface area contributed by atoms with E-state index in [-0.39, 0.29) is 17.2 Å². The zero-order chi connectivity index (χ0) is 22.7. The highest BCUT2D eigenvalue weighted by molar-refractivity contribution is 9.10. The van der Waals surface area contributed by atoms with Crippen LogP contribution in [0, 0.1) is 0 Å². The summed E-state index contributed by atoms with van der Waals surface area (Å²) in [6.45, 7) is 4.24. The number of thioether (sulfide) groups is 1. The summed E-state index contributed by atoms with van der Waals surface area (Å²) in [5, 5.41) is 21.7. The molecule has 8 nitrogen and oxygen atoms in total. The minimum atomic E-state index is -1.02. The van der Waals surface area contributed by atoms with Gasteiger partial charge in [0, 0.05) is 22.1 Å². The zero-order valence-corrected chi connectivity index (χ0v) is 19.0. The minimum absolute atomic E-state index is 0.100. The van der Waals surface area contributed by atoms with E-state index < -0.39 is 5.97 Å². The first kappa shape index (κ1) is 21.8. The van der Waals surface area contributed by atoms with Crippen LogP contribution in [-0.2, 0) is 11.3 Å². The topological polar surface area (TPSA) is 110 Å². The molecule has 2 aromatic carbocycles. The number of amides is 1. The van der Waals surface area contributed by atoms with Crippen molar-refractivity contribution in [3.05, 3.63) is 71.2 Å². The van der Waals surface area contributed by atoms with Crippen molar-refractivity contribution in [2.45, 2.75) is 11.7 Å². The van der Waals surface area contributed by atoms with Crippen molar-refractivity contribution in [1.29, 1.82) is 0 Å². The van der Waals surface area contributed by atoms with Crippen LogP contribution in [0.1, 0.15) is 10.4 Å². The SMILES string of the molecule is C=CCn1c(SCC(=O)Nc2ccc(C(=O)O)cc2)nnc1-c1cc2cc(Br)ccc2o1. The Bertz CT molecular complexity index is 1310. The van der Waals surface area contributed by atoms with Crippen molar-refractivity contribution in [2.75, 3.05) is 11.1 Å². The lowest BCUT2D eigenvalue weighted by Gasteiger charge is -2.07. The van der Waals surface area contributed by atoms with Crippen LogP contribution in [-0.4, -0.2) is 37.5 Å². The summed E-state index contributed by atoms with van der Waals surface area (Å²) in [7, 11) is 0. The van der Waals surface area contributed by atoms with Crippen LogP contribution in [0.5, 0.6) is 0 Å². The van der Waals surface area contributed by atoms with Crippen LogP contribution >= 0.6 is 27.7 Å². The molecule has 0 atom stereocenters. The van der Waals surface area contributed by atoms with Crippen molar-refractivity contribution in [3.8, 4) is 11.6 Å². The number of nitrogens with one attached hydrogen (secondary N) is 1. The lowest BCUT2D eigenvalue weighted by atomic mass is 10.2. The first-order valence-corrected chi connectivity index (χ1v) is 11.2. The van der Waals surface area contributed by atoms with Gasteiger partial charge in [-0.05, 0) is 48.5 Å². The number of carboxylic acid groups (broad SMARTS) is 1. The molecule has 2 heterocycles. The van der Waals surface area contributed by atoms with Crippen molar-refractivity contribution in [2.24, 2.45) is 0 Å². The fourth-order valence-electron chi connectivity index (χ4n) is 3.02. The van der Waals surface area contributed by atoms with Gasteiger partial charge in [0.1, 0.15) is 5.58 Å². The number of furan rings is 1. The molecule has 0 saturated carbocycles. The Balaban J connectivity index is 1.48. The standard InChI is InChI=1S/C22H17BrN4O4S/c1-2-9-27-20(18-11-14-10-15(23)5-8-17(14)31-18)25-26-22(27)32-12-19(28)24-16-6-3-13(4-7-16)21(29)30/h2-8,10-11H,1,9,12H2,(H,24,28)(H,29,30). The normalized spacial score (nSPS) is 10.9. The molecular formula is C22H17BrN4O4S. The Kier molecular flexibility index (Phi) is 6.42. The molecule has 4 aromatic rings. The number of aromatic carboxylic acids is 1. The molecule has 4 rings (SSSR count). The number of nitrogens with zero attached hydrogens (tertiary/aromatic N) is 3. The lowest BCUT2D eigenvalue weighted by molar-refractivity contribution is -0.113. The van der Waals surface area contributed by atoms with Gasteiger partial charge >= 0.3 is 5.97 Å². The molecule has 0 aliphatic carbocycles. The van der Waals surface area contributed by atoms with Gasteiger partial charge in [0.25, 0.3) is 0 Å². The summed E-state index contributed by atoms with van der Waals surface area (Å²) in [6, 6.07) is 13.6. The zero-order valence-electron chi connectivity index (χ0n) is 16.6. The smallest absolute Gasteiger partial charge is 0.335 e. The number of anilines is 1. The van der Waals surface area contributed by atoms with Crippen LogP contribution in [0.2, 0.25) is 0 Å². The summed E-state index contributed by atoms with van der Waals surface area (Å²) >= 11 is 4.69. The van der Waals surface area contributed by atoms with E-state index in [2.05, 4.69) is 38.0 Å². The number of hydrogen-bond donors (Lipinski definition) is 2. The monoisotopic (exact) mass is 512 g/mol. The van der Waals surface area contributed by atoms with Gasteiger partial charge in [-0.2, -0.15) is 0 Å². The summed E-state index contributed by atoms with van der Waals surface area (Å²) in [6.07, 6.45) is 1.72. The summed E-state index contributed by atoms with van der Waals surface area (Å²) in [5.74, 6) is -0.0517. The molecule has 0 saturated heterocycles. The molecule has 32 heavy (non-hydrogen) atoms. The molecule has 0 bridgehead atoms. The van der Waals surface area contributed by atoms with E-state index in [1.165, 1.54) is 23.9 Å². The van der Waals surface area contributed by atoms with Crippen LogP contribution in [0.3, 0.4) is 0 Å². The molecule has 0 spiro atoms. The molecule has 0 aliphatic rings. The van der Waals surface area contributed by atoms with Crippen molar-refractivity contribution < 1.29 is 19.1 Å². The first-order valence-electron chi connectivity index (χ1n) is 9.44. The molecule has 0 unspecified atom stereocenters. The maximum atomic E-state index is 12.4. The summed E-state index contributed by atoms with van der Waals surface area (Å²) in [5.41, 5.74) is 1.40. The summed E-state index contributed by atoms with van der Waals surface area (Å²) < 4.78 is 8.71. The maximum absolute atomic E-state index is 12.4. The molecule has 1 amide bonds. The van der Waals surface area contributed by atoms with Crippen LogP contribution in [0.15, 0.2) is 75.2 Å². The van der Waals surface area contributed by atoms with Gasteiger partial charge in [0.2, 0.25) is 11.7 Å². The highest BCUT2D eigenvalue weighted by atomic mass is 79.9. The largest absolute Gasteiger partial charge is 0.478 e. The van der Waals surface area contributed by atoms with Gasteiger partial charge in [-0.15, -0.1) is 16.8 Å². The van der Waals surface area contributed by atoms with Crippen LogP contribution < -0.4 is 5.32 Å². The molecular weight excluding hydrogens is 496 g/mol. The minimum Gasteiger partial charge on any atom is -0.478 e. The third kappa shape index (κ3) is 4.76. The van der Waals surface area contributed by atoms with Gasteiger partial charge in [-0.1, -0.05) is 33.8 Å². The van der Waals surface area contributed by atoms with E-state index in [4.69, 9.17) is 9.52 Å². The predicted octanol–water partition coefficient (Wildman–Crippen LogP) is 5.07. The Hall–Kier alpha value is -3.37. The number of benzene rings is 2. The molecule has 2 N–H and O–H groups in total. The number of carbonyl (C=O) groups is 2. The summed E-state index contributed by atoms with van der Waals surface area (Å²) in [4.78, 5) is 23.3. The lowest BCUT2D eigenvalue weighted by Crippen LogP contribution is -2.14. The Morgan fingerprint density at radius 1 is 1.19 bits per heavy atom. The molecule has 0 radical (unpaired) electrons.